The summed E-state index contributed by atoms with van der Waals surface area (Å²) >= 11 is 0. The van der Waals surface area contributed by atoms with E-state index in [1.165, 1.54) is 24.8 Å². The largest absolute Gasteiger partial charge is 0.425 e. The number of nitrogens with zero attached hydrogens (tertiary/aromatic N) is 4. The fourth-order valence-corrected chi connectivity index (χ4v) is 4.28. The van der Waals surface area contributed by atoms with E-state index >= 15 is 0 Å². The van der Waals surface area contributed by atoms with Gasteiger partial charge in [-0.3, -0.25) is 9.88 Å². The van der Waals surface area contributed by atoms with Gasteiger partial charge in [0.05, 0.1) is 19.1 Å². The topological polar surface area (TPSA) is 64.3 Å². The number of hydrogen-bond donors (Lipinski definition) is 0. The number of likely N-dealkylation sites (tertiary alicyclic amines) is 1. The Kier molecular flexibility index (Phi) is 4.02. The molecule has 132 valence electrons. The van der Waals surface area contributed by atoms with Gasteiger partial charge in [0.25, 0.3) is 0 Å². The molecule has 0 bridgehead atoms. The molecule has 5 rings (SSSR count). The molecule has 3 aliphatic rings. The van der Waals surface area contributed by atoms with Gasteiger partial charge in [-0.2, -0.15) is 0 Å². The summed E-state index contributed by atoms with van der Waals surface area (Å²) in [5, 5.41) is 8.43. The van der Waals surface area contributed by atoms with Crippen LogP contribution in [-0.2, 0) is 17.7 Å². The van der Waals surface area contributed by atoms with Crippen LogP contribution in [0, 0.1) is 11.8 Å². The number of rotatable bonds is 5. The van der Waals surface area contributed by atoms with E-state index in [0.29, 0.717) is 17.8 Å². The Bertz CT molecular complexity index is 715. The fraction of sp³-hybridized carbons (Fsp3) is 0.632. The molecular formula is C19H24N4O2. The minimum absolute atomic E-state index is 0.234. The van der Waals surface area contributed by atoms with Crippen LogP contribution >= 0.6 is 0 Å². The Morgan fingerprint density at radius 2 is 2.16 bits per heavy atom. The Morgan fingerprint density at radius 3 is 3.00 bits per heavy atom. The summed E-state index contributed by atoms with van der Waals surface area (Å²) in [6.45, 7) is 4.05. The van der Waals surface area contributed by atoms with Crippen LogP contribution in [0.15, 0.2) is 28.9 Å². The van der Waals surface area contributed by atoms with E-state index in [1.807, 2.05) is 18.5 Å². The van der Waals surface area contributed by atoms with Gasteiger partial charge in [-0.25, -0.2) is 0 Å². The molecule has 25 heavy (non-hydrogen) atoms. The molecule has 0 radical (unpaired) electrons. The van der Waals surface area contributed by atoms with Gasteiger partial charge in [0, 0.05) is 37.3 Å². The lowest BCUT2D eigenvalue weighted by molar-refractivity contribution is 0.0793. The molecule has 2 aromatic rings. The van der Waals surface area contributed by atoms with Crippen molar-refractivity contribution in [2.75, 3.05) is 19.7 Å². The summed E-state index contributed by atoms with van der Waals surface area (Å²) in [5.41, 5.74) is 1.29. The summed E-state index contributed by atoms with van der Waals surface area (Å²) in [5.74, 6) is 3.33. The first kappa shape index (κ1) is 15.5. The third-order valence-corrected chi connectivity index (χ3v) is 5.79. The second kappa shape index (κ2) is 6.50. The van der Waals surface area contributed by atoms with Crippen molar-refractivity contribution < 1.29 is 9.15 Å². The lowest BCUT2D eigenvalue weighted by Gasteiger charge is -2.35. The highest BCUT2D eigenvalue weighted by molar-refractivity contribution is 5.09. The zero-order valence-corrected chi connectivity index (χ0v) is 14.4. The van der Waals surface area contributed by atoms with E-state index in [0.717, 1.165) is 44.4 Å². The fourth-order valence-electron chi connectivity index (χ4n) is 4.28. The minimum Gasteiger partial charge on any atom is -0.425 e. The molecule has 1 aliphatic carbocycles. The highest BCUT2D eigenvalue weighted by atomic mass is 16.5. The van der Waals surface area contributed by atoms with Crippen LogP contribution in [0.4, 0.5) is 0 Å². The molecule has 2 aliphatic heterocycles. The molecule has 6 heteroatoms. The monoisotopic (exact) mass is 340 g/mol. The van der Waals surface area contributed by atoms with E-state index in [1.54, 1.807) is 0 Å². The molecule has 0 aromatic carbocycles. The highest BCUT2D eigenvalue weighted by Gasteiger charge is 2.41. The summed E-state index contributed by atoms with van der Waals surface area (Å²) in [6.07, 6.45) is 8.36. The van der Waals surface area contributed by atoms with Crippen molar-refractivity contribution in [2.45, 2.75) is 44.2 Å². The average molecular weight is 340 g/mol. The first-order chi connectivity index (χ1) is 12.3. The maximum atomic E-state index is 6.12. The Balaban J connectivity index is 1.18. The minimum atomic E-state index is 0.234. The predicted molar refractivity (Wildman–Crippen MR) is 90.8 cm³/mol. The van der Waals surface area contributed by atoms with E-state index in [9.17, 15) is 0 Å². The standard InChI is InChI=1S/C19H24N4O2/c1-2-13(9-20-6-1)10-23-7-5-16-15(11-23)12-24-17(16)8-18-21-22-19(25-18)14-3-4-14/h1-2,6,9,14-17H,3-5,7-8,10-12H2/t15-,16-,17-/m0/s1. The number of ether oxygens (including phenoxy) is 1. The van der Waals surface area contributed by atoms with Crippen molar-refractivity contribution in [1.29, 1.82) is 0 Å². The van der Waals surface area contributed by atoms with E-state index in [-0.39, 0.29) is 6.10 Å². The molecule has 0 N–H and O–H groups in total. The zero-order chi connectivity index (χ0) is 16.6. The maximum Gasteiger partial charge on any atom is 0.219 e. The van der Waals surface area contributed by atoms with Crippen molar-refractivity contribution in [3.63, 3.8) is 0 Å². The summed E-state index contributed by atoms with van der Waals surface area (Å²) in [4.78, 5) is 6.75. The van der Waals surface area contributed by atoms with Gasteiger partial charge in [0.1, 0.15) is 0 Å². The number of fused-ring (bicyclic) bond motifs is 1. The van der Waals surface area contributed by atoms with E-state index in [4.69, 9.17) is 9.15 Å². The second-order valence-corrected chi connectivity index (χ2v) is 7.69. The third kappa shape index (κ3) is 3.33. The molecule has 3 fully saturated rings. The average Bonchev–Trinajstić information content (AvgIpc) is 3.27. The van der Waals surface area contributed by atoms with Crippen molar-refractivity contribution in [2.24, 2.45) is 11.8 Å². The first-order valence-corrected chi connectivity index (χ1v) is 9.40. The lowest BCUT2D eigenvalue weighted by atomic mass is 9.83. The van der Waals surface area contributed by atoms with Crippen LogP contribution in [-0.4, -0.2) is 45.9 Å². The van der Waals surface area contributed by atoms with Crippen LogP contribution < -0.4 is 0 Å². The molecule has 3 atom stereocenters. The van der Waals surface area contributed by atoms with Crippen LogP contribution in [0.1, 0.15) is 42.5 Å². The number of pyridine rings is 1. The predicted octanol–water partition coefficient (Wildman–Crippen LogP) is 2.42. The summed E-state index contributed by atoms with van der Waals surface area (Å²) in [6, 6.07) is 4.16. The van der Waals surface area contributed by atoms with Gasteiger partial charge in [0.15, 0.2) is 0 Å². The smallest absolute Gasteiger partial charge is 0.219 e. The first-order valence-electron chi connectivity index (χ1n) is 9.40. The zero-order valence-electron chi connectivity index (χ0n) is 14.4. The molecule has 6 nitrogen and oxygen atoms in total. The molecular weight excluding hydrogens is 316 g/mol. The number of hydrogen-bond acceptors (Lipinski definition) is 6. The van der Waals surface area contributed by atoms with Gasteiger partial charge in [-0.15, -0.1) is 10.2 Å². The Labute approximate surface area is 147 Å². The van der Waals surface area contributed by atoms with Gasteiger partial charge in [0.2, 0.25) is 11.8 Å². The molecule has 2 saturated heterocycles. The van der Waals surface area contributed by atoms with Crippen molar-refractivity contribution in [3.05, 3.63) is 41.9 Å². The van der Waals surface area contributed by atoms with E-state index in [2.05, 4.69) is 26.1 Å². The number of aromatic nitrogens is 3. The molecule has 0 unspecified atom stereocenters. The molecule has 2 aromatic heterocycles. The maximum absolute atomic E-state index is 6.12. The van der Waals surface area contributed by atoms with Crippen molar-refractivity contribution in [3.8, 4) is 0 Å². The van der Waals surface area contributed by atoms with Gasteiger partial charge in [-0.05, 0) is 43.4 Å². The van der Waals surface area contributed by atoms with Gasteiger partial charge >= 0.3 is 0 Å². The summed E-state index contributed by atoms with van der Waals surface area (Å²) in [7, 11) is 0. The summed E-state index contributed by atoms with van der Waals surface area (Å²) < 4.78 is 12.0. The van der Waals surface area contributed by atoms with Gasteiger partial charge < -0.3 is 9.15 Å². The van der Waals surface area contributed by atoms with E-state index < -0.39 is 0 Å². The van der Waals surface area contributed by atoms with Crippen LogP contribution in [0.5, 0.6) is 0 Å². The highest BCUT2D eigenvalue weighted by Crippen LogP contribution is 2.40. The second-order valence-electron chi connectivity index (χ2n) is 7.69. The normalized spacial score (nSPS) is 29.7. The van der Waals surface area contributed by atoms with Crippen LogP contribution in [0.3, 0.4) is 0 Å². The molecule has 1 saturated carbocycles. The number of piperidine rings is 1. The SMILES string of the molecule is c1cncc(CN2CC[C@H]3[C@H](CO[C@H]3Cc3nnc(C4CC4)o3)C2)c1. The van der Waals surface area contributed by atoms with Gasteiger partial charge in [-0.1, -0.05) is 6.07 Å². The van der Waals surface area contributed by atoms with Crippen LogP contribution in [0.25, 0.3) is 0 Å². The van der Waals surface area contributed by atoms with Crippen molar-refractivity contribution in [1.82, 2.24) is 20.1 Å². The molecule has 0 amide bonds. The quantitative estimate of drug-likeness (QED) is 0.833. The molecule has 0 spiro atoms. The van der Waals surface area contributed by atoms with Crippen LogP contribution in [0.2, 0.25) is 0 Å². The Hall–Kier alpha value is -1.79. The third-order valence-electron chi connectivity index (χ3n) is 5.79. The van der Waals surface area contributed by atoms with Crippen molar-refractivity contribution >= 4 is 0 Å². The Morgan fingerprint density at radius 1 is 1.20 bits per heavy atom. The molecule has 4 heterocycles. The lowest BCUT2D eigenvalue weighted by Crippen LogP contribution is -2.41.